The second kappa shape index (κ2) is 7.74. The Labute approximate surface area is 151 Å². The van der Waals surface area contributed by atoms with E-state index in [4.69, 9.17) is 5.11 Å². The van der Waals surface area contributed by atoms with Gasteiger partial charge in [-0.15, -0.1) is 0 Å². The van der Waals surface area contributed by atoms with Crippen LogP contribution in [0.3, 0.4) is 0 Å². The third kappa shape index (κ3) is 4.03. The Kier molecular flexibility index (Phi) is 5.22. The van der Waals surface area contributed by atoms with E-state index in [1.807, 2.05) is 67.7 Å². The number of amides is 2. The smallest absolute Gasteiger partial charge is 0.405 e. The molecule has 2 unspecified atom stereocenters. The van der Waals surface area contributed by atoms with E-state index in [0.29, 0.717) is 0 Å². The molecule has 0 aliphatic heterocycles. The van der Waals surface area contributed by atoms with Crippen molar-refractivity contribution in [2.24, 2.45) is 0 Å². The zero-order valence-electron chi connectivity index (χ0n) is 14.4. The first-order valence-corrected chi connectivity index (χ1v) is 8.44. The molecule has 0 aliphatic rings. The van der Waals surface area contributed by atoms with E-state index in [1.165, 1.54) is 0 Å². The SMILES string of the molecule is CC(NC(=O)C(Cc1c[nH]c2ccccc12)NC(=O)O)c1ccccc1. The minimum atomic E-state index is -1.22. The van der Waals surface area contributed by atoms with Crippen molar-refractivity contribution in [2.75, 3.05) is 0 Å². The van der Waals surface area contributed by atoms with E-state index in [1.54, 1.807) is 0 Å². The first-order valence-electron chi connectivity index (χ1n) is 8.44. The maximum atomic E-state index is 12.7. The normalized spacial score (nSPS) is 13.1. The van der Waals surface area contributed by atoms with Crippen molar-refractivity contribution in [3.05, 3.63) is 71.9 Å². The van der Waals surface area contributed by atoms with Crippen molar-refractivity contribution in [1.29, 1.82) is 0 Å². The van der Waals surface area contributed by atoms with Crippen LogP contribution in [-0.4, -0.2) is 28.1 Å². The number of aromatic nitrogens is 1. The van der Waals surface area contributed by atoms with Crippen LogP contribution in [0.5, 0.6) is 0 Å². The number of carbonyl (C=O) groups excluding carboxylic acids is 1. The van der Waals surface area contributed by atoms with Crippen molar-refractivity contribution in [2.45, 2.75) is 25.4 Å². The fraction of sp³-hybridized carbons (Fsp3) is 0.200. The molecule has 2 amide bonds. The van der Waals surface area contributed by atoms with Gasteiger partial charge in [0.15, 0.2) is 0 Å². The Morgan fingerprint density at radius 1 is 1.04 bits per heavy atom. The highest BCUT2D eigenvalue weighted by Gasteiger charge is 2.23. The number of aromatic amines is 1. The Morgan fingerprint density at radius 2 is 1.73 bits per heavy atom. The summed E-state index contributed by atoms with van der Waals surface area (Å²) in [5.74, 6) is -0.353. The number of carboxylic acid groups (broad SMARTS) is 1. The first kappa shape index (κ1) is 17.5. The zero-order valence-corrected chi connectivity index (χ0v) is 14.4. The molecule has 0 saturated carbocycles. The maximum Gasteiger partial charge on any atom is 0.405 e. The fourth-order valence-electron chi connectivity index (χ4n) is 3.02. The number of benzene rings is 2. The van der Waals surface area contributed by atoms with E-state index >= 15 is 0 Å². The summed E-state index contributed by atoms with van der Waals surface area (Å²) < 4.78 is 0. The fourth-order valence-corrected chi connectivity index (χ4v) is 3.02. The number of hydrogen-bond donors (Lipinski definition) is 4. The van der Waals surface area contributed by atoms with Crippen LogP contribution in [-0.2, 0) is 11.2 Å². The number of carbonyl (C=O) groups is 2. The predicted molar refractivity (Wildman–Crippen MR) is 100.0 cm³/mol. The topological polar surface area (TPSA) is 94.2 Å². The summed E-state index contributed by atoms with van der Waals surface area (Å²) in [6, 6.07) is 16.2. The van der Waals surface area contributed by atoms with Crippen molar-refractivity contribution in [3.8, 4) is 0 Å². The number of para-hydroxylation sites is 1. The average molecular weight is 351 g/mol. The summed E-state index contributed by atoms with van der Waals surface area (Å²) in [6.07, 6.45) is 0.857. The zero-order chi connectivity index (χ0) is 18.5. The lowest BCUT2D eigenvalue weighted by molar-refractivity contribution is -0.123. The number of hydrogen-bond acceptors (Lipinski definition) is 2. The number of rotatable bonds is 6. The highest BCUT2D eigenvalue weighted by atomic mass is 16.4. The quantitative estimate of drug-likeness (QED) is 0.549. The predicted octanol–water partition coefficient (Wildman–Crippen LogP) is 3.22. The second-order valence-electron chi connectivity index (χ2n) is 6.21. The molecule has 6 nitrogen and oxygen atoms in total. The number of fused-ring (bicyclic) bond motifs is 1. The Morgan fingerprint density at radius 3 is 2.46 bits per heavy atom. The molecule has 134 valence electrons. The van der Waals surface area contributed by atoms with Crippen LogP contribution in [0.25, 0.3) is 10.9 Å². The molecule has 1 heterocycles. The van der Waals surface area contributed by atoms with Crippen LogP contribution < -0.4 is 10.6 Å². The van der Waals surface area contributed by atoms with Crippen LogP contribution in [0.1, 0.15) is 24.1 Å². The lowest BCUT2D eigenvalue weighted by atomic mass is 10.0. The summed E-state index contributed by atoms with van der Waals surface area (Å²) >= 11 is 0. The summed E-state index contributed by atoms with van der Waals surface area (Å²) in [7, 11) is 0. The molecule has 0 saturated heterocycles. The van der Waals surface area contributed by atoms with Crippen molar-refractivity contribution < 1.29 is 14.7 Å². The third-order valence-corrected chi connectivity index (χ3v) is 4.37. The molecule has 6 heteroatoms. The molecule has 3 aromatic rings. The van der Waals surface area contributed by atoms with Crippen LogP contribution in [0, 0.1) is 0 Å². The average Bonchev–Trinajstić information content (AvgIpc) is 3.04. The van der Waals surface area contributed by atoms with Crippen LogP contribution in [0.4, 0.5) is 4.79 Å². The molecule has 2 aromatic carbocycles. The molecule has 26 heavy (non-hydrogen) atoms. The second-order valence-corrected chi connectivity index (χ2v) is 6.21. The Bertz CT molecular complexity index is 905. The van der Waals surface area contributed by atoms with Gasteiger partial charge < -0.3 is 20.7 Å². The van der Waals surface area contributed by atoms with Crippen LogP contribution in [0.2, 0.25) is 0 Å². The van der Waals surface area contributed by atoms with Crippen molar-refractivity contribution >= 4 is 22.9 Å². The molecular weight excluding hydrogens is 330 g/mol. The van der Waals surface area contributed by atoms with Gasteiger partial charge >= 0.3 is 6.09 Å². The van der Waals surface area contributed by atoms with Crippen molar-refractivity contribution in [3.63, 3.8) is 0 Å². The van der Waals surface area contributed by atoms with E-state index in [9.17, 15) is 9.59 Å². The number of H-pyrrole nitrogens is 1. The van der Waals surface area contributed by atoms with Gasteiger partial charge in [0.2, 0.25) is 5.91 Å². The molecule has 0 fully saturated rings. The van der Waals surface area contributed by atoms with Gasteiger partial charge in [-0.05, 0) is 24.1 Å². The lowest BCUT2D eigenvalue weighted by Crippen LogP contribution is -2.48. The minimum absolute atomic E-state index is 0.218. The molecule has 1 aromatic heterocycles. The van der Waals surface area contributed by atoms with Gasteiger partial charge in [-0.2, -0.15) is 0 Å². The monoisotopic (exact) mass is 351 g/mol. The van der Waals surface area contributed by atoms with Gasteiger partial charge in [0, 0.05) is 23.5 Å². The molecule has 4 N–H and O–H groups in total. The molecule has 2 atom stereocenters. The Balaban J connectivity index is 1.77. The van der Waals surface area contributed by atoms with Gasteiger partial charge in [0.05, 0.1) is 6.04 Å². The van der Waals surface area contributed by atoms with E-state index in [2.05, 4.69) is 15.6 Å². The molecule has 0 radical (unpaired) electrons. The van der Waals surface area contributed by atoms with Crippen molar-refractivity contribution in [1.82, 2.24) is 15.6 Å². The standard InChI is InChI=1S/C20H21N3O3/c1-13(14-7-3-2-4-8-14)22-19(24)18(23-20(25)26)11-15-12-21-17-10-6-5-9-16(15)17/h2-10,12-13,18,21,23H,11H2,1H3,(H,22,24)(H,25,26). The molecular formula is C20H21N3O3. The minimum Gasteiger partial charge on any atom is -0.465 e. The summed E-state index contributed by atoms with van der Waals surface area (Å²) in [5, 5.41) is 15.3. The third-order valence-electron chi connectivity index (χ3n) is 4.37. The summed E-state index contributed by atoms with van der Waals surface area (Å²) in [4.78, 5) is 27.0. The summed E-state index contributed by atoms with van der Waals surface area (Å²) in [6.45, 7) is 1.87. The molecule has 3 rings (SSSR count). The molecule has 0 bridgehead atoms. The van der Waals surface area contributed by atoms with Gasteiger partial charge in [-0.1, -0.05) is 48.5 Å². The number of nitrogens with one attached hydrogen (secondary N) is 3. The van der Waals surface area contributed by atoms with Gasteiger partial charge in [0.1, 0.15) is 6.04 Å². The van der Waals surface area contributed by atoms with E-state index in [0.717, 1.165) is 22.0 Å². The highest BCUT2D eigenvalue weighted by molar-refractivity contribution is 5.88. The maximum absolute atomic E-state index is 12.7. The van der Waals surface area contributed by atoms with Gasteiger partial charge in [0.25, 0.3) is 0 Å². The Hall–Kier alpha value is -3.28. The first-order chi connectivity index (χ1) is 12.5. The van der Waals surface area contributed by atoms with Crippen LogP contribution >= 0.6 is 0 Å². The largest absolute Gasteiger partial charge is 0.465 e. The van der Waals surface area contributed by atoms with Crippen LogP contribution in [0.15, 0.2) is 60.8 Å². The summed E-state index contributed by atoms with van der Waals surface area (Å²) in [5.41, 5.74) is 2.80. The van der Waals surface area contributed by atoms with E-state index < -0.39 is 12.1 Å². The van der Waals surface area contributed by atoms with Gasteiger partial charge in [-0.25, -0.2) is 4.79 Å². The van der Waals surface area contributed by atoms with Gasteiger partial charge in [-0.3, -0.25) is 4.79 Å². The lowest BCUT2D eigenvalue weighted by Gasteiger charge is -2.20. The molecule has 0 aliphatic carbocycles. The highest BCUT2D eigenvalue weighted by Crippen LogP contribution is 2.19. The van der Waals surface area contributed by atoms with E-state index in [-0.39, 0.29) is 18.4 Å². The molecule has 0 spiro atoms.